The van der Waals surface area contributed by atoms with Gasteiger partial charge in [0.2, 0.25) is 5.91 Å². The molecule has 3 rings (SSSR count). The van der Waals surface area contributed by atoms with Gasteiger partial charge >= 0.3 is 0 Å². The summed E-state index contributed by atoms with van der Waals surface area (Å²) in [7, 11) is 0. The van der Waals surface area contributed by atoms with Crippen molar-refractivity contribution in [2.24, 2.45) is 0 Å². The average Bonchev–Trinajstić information content (AvgIpc) is 3.06. The normalized spacial score (nSPS) is 13.3. The van der Waals surface area contributed by atoms with Crippen LogP contribution >= 0.6 is 11.3 Å². The number of hydrogen-bond acceptors (Lipinski definition) is 5. The number of halogens is 1. The summed E-state index contributed by atoms with van der Waals surface area (Å²) in [5.74, 6) is -1.13. The van der Waals surface area contributed by atoms with Crippen LogP contribution in [0.1, 0.15) is 22.6 Å². The molecule has 118 valence electrons. The number of fused-ring (bicyclic) bond motifs is 1. The van der Waals surface area contributed by atoms with Crippen LogP contribution in [0.15, 0.2) is 24.3 Å². The van der Waals surface area contributed by atoms with Crippen molar-refractivity contribution in [2.45, 2.75) is 19.3 Å². The van der Waals surface area contributed by atoms with E-state index in [9.17, 15) is 19.3 Å². The van der Waals surface area contributed by atoms with Crippen LogP contribution in [-0.2, 0) is 17.6 Å². The number of amides is 1. The monoisotopic (exact) mass is 333 g/mol. The molecule has 1 heterocycles. The van der Waals surface area contributed by atoms with Gasteiger partial charge in [0.25, 0.3) is 5.69 Å². The first-order chi connectivity index (χ1) is 11.0. The van der Waals surface area contributed by atoms with Crippen LogP contribution in [0, 0.1) is 15.9 Å². The van der Waals surface area contributed by atoms with Crippen molar-refractivity contribution in [2.75, 3.05) is 5.32 Å². The number of benzene rings is 1. The van der Waals surface area contributed by atoms with Gasteiger partial charge in [-0.25, -0.2) is 9.37 Å². The Labute approximate surface area is 134 Å². The molecule has 1 aliphatic carbocycles. The molecule has 6 nitrogen and oxygen atoms in total. The van der Waals surface area contributed by atoms with Crippen molar-refractivity contribution in [3.05, 3.63) is 56.3 Å². The summed E-state index contributed by atoms with van der Waals surface area (Å²) < 4.78 is 13.1. The molecule has 23 heavy (non-hydrogen) atoms. The van der Waals surface area contributed by atoms with E-state index in [0.717, 1.165) is 37.1 Å². The van der Waals surface area contributed by atoms with Crippen molar-refractivity contribution in [3.8, 4) is 0 Å². The number of anilines is 1. The number of thiazole rings is 1. The van der Waals surface area contributed by atoms with E-state index in [2.05, 4.69) is 10.3 Å². The summed E-state index contributed by atoms with van der Waals surface area (Å²) >= 11 is 1.45. The van der Waals surface area contributed by atoms with Crippen LogP contribution < -0.4 is 5.32 Å². The Morgan fingerprint density at radius 2 is 2.26 bits per heavy atom. The van der Waals surface area contributed by atoms with Gasteiger partial charge in [-0.1, -0.05) is 0 Å². The van der Waals surface area contributed by atoms with E-state index < -0.39 is 16.6 Å². The number of carbonyl (C=O) groups is 1. The van der Waals surface area contributed by atoms with Gasteiger partial charge in [-0.2, -0.15) is 0 Å². The van der Waals surface area contributed by atoms with Gasteiger partial charge in [0.1, 0.15) is 5.82 Å². The fraction of sp³-hybridized carbons (Fsp3) is 0.200. The maximum Gasteiger partial charge on any atom is 0.279 e. The highest BCUT2D eigenvalue weighted by atomic mass is 32.1. The van der Waals surface area contributed by atoms with Crippen molar-refractivity contribution in [3.63, 3.8) is 0 Å². The number of aryl methyl sites for hydroxylation is 2. The van der Waals surface area contributed by atoms with Gasteiger partial charge in [-0.05, 0) is 37.5 Å². The van der Waals surface area contributed by atoms with Crippen LogP contribution in [0.2, 0.25) is 0 Å². The van der Waals surface area contributed by atoms with Crippen LogP contribution in [-0.4, -0.2) is 15.8 Å². The van der Waals surface area contributed by atoms with Crippen LogP contribution in [0.25, 0.3) is 6.08 Å². The average molecular weight is 333 g/mol. The zero-order chi connectivity index (χ0) is 16.4. The summed E-state index contributed by atoms with van der Waals surface area (Å²) in [4.78, 5) is 27.6. The Bertz CT molecular complexity index is 795. The Kier molecular flexibility index (Phi) is 4.16. The highest BCUT2D eigenvalue weighted by molar-refractivity contribution is 7.15. The van der Waals surface area contributed by atoms with Gasteiger partial charge in [0, 0.05) is 11.0 Å². The van der Waals surface area contributed by atoms with Gasteiger partial charge in [0.15, 0.2) is 5.13 Å². The lowest BCUT2D eigenvalue weighted by molar-refractivity contribution is -0.385. The molecular formula is C15H12FN3O3S. The molecule has 1 aromatic heterocycles. The quantitative estimate of drug-likeness (QED) is 0.528. The molecule has 2 aromatic rings. The molecule has 0 unspecified atom stereocenters. The maximum atomic E-state index is 13.1. The summed E-state index contributed by atoms with van der Waals surface area (Å²) in [5.41, 5.74) is 0.805. The number of nitrogens with one attached hydrogen (secondary N) is 1. The molecule has 0 fully saturated rings. The molecule has 0 bridgehead atoms. The molecule has 0 radical (unpaired) electrons. The number of hydrogen-bond donors (Lipinski definition) is 1. The first-order valence-corrected chi connectivity index (χ1v) is 7.76. The van der Waals surface area contributed by atoms with Gasteiger partial charge in [0.05, 0.1) is 22.2 Å². The predicted octanol–water partition coefficient (Wildman–Crippen LogP) is 3.33. The summed E-state index contributed by atoms with van der Waals surface area (Å²) in [6.07, 6.45) is 5.47. The van der Waals surface area contributed by atoms with Crippen LogP contribution in [0.5, 0.6) is 0 Å². The maximum absolute atomic E-state index is 13.1. The Morgan fingerprint density at radius 1 is 1.43 bits per heavy atom. The molecular weight excluding hydrogens is 321 g/mol. The topological polar surface area (TPSA) is 85.1 Å². The predicted molar refractivity (Wildman–Crippen MR) is 84.9 cm³/mol. The van der Waals surface area contributed by atoms with Crippen molar-refractivity contribution in [1.82, 2.24) is 4.98 Å². The standard InChI is InChI=1S/C15H12FN3O3S/c16-10-6-4-9(12(8-10)19(21)22)5-7-14(20)18-15-17-11-2-1-3-13(11)23-15/h4-8H,1-3H2,(H,17,18,20)/b7-5+. The largest absolute Gasteiger partial charge is 0.298 e. The number of carbonyl (C=O) groups excluding carboxylic acids is 1. The Hall–Kier alpha value is -2.61. The lowest BCUT2D eigenvalue weighted by Gasteiger charge is -1.99. The molecule has 1 aliphatic rings. The molecule has 1 aromatic carbocycles. The molecule has 1 N–H and O–H groups in total. The van der Waals surface area contributed by atoms with E-state index in [0.29, 0.717) is 5.13 Å². The molecule has 0 saturated heterocycles. The molecule has 0 spiro atoms. The molecule has 0 atom stereocenters. The third-order valence-corrected chi connectivity index (χ3v) is 4.50. The van der Waals surface area contributed by atoms with E-state index in [1.165, 1.54) is 34.4 Å². The van der Waals surface area contributed by atoms with Gasteiger partial charge < -0.3 is 0 Å². The number of nitro groups is 1. The molecule has 1 amide bonds. The van der Waals surface area contributed by atoms with Crippen molar-refractivity contribution in [1.29, 1.82) is 0 Å². The Morgan fingerprint density at radius 3 is 3.00 bits per heavy atom. The minimum atomic E-state index is -0.699. The SMILES string of the molecule is O=C(/C=C/c1ccc(F)cc1[N+](=O)[O-])Nc1nc2c(s1)CCC2. The smallest absolute Gasteiger partial charge is 0.279 e. The molecule has 8 heteroatoms. The first kappa shape index (κ1) is 15.3. The van der Waals surface area contributed by atoms with E-state index in [1.807, 2.05) is 0 Å². The second-order valence-electron chi connectivity index (χ2n) is 5.03. The van der Waals surface area contributed by atoms with Crippen LogP contribution in [0.4, 0.5) is 15.2 Å². The number of nitro benzene ring substituents is 1. The molecule has 0 aliphatic heterocycles. The highest BCUT2D eigenvalue weighted by Crippen LogP contribution is 2.30. The number of aromatic nitrogens is 1. The second kappa shape index (κ2) is 6.25. The van der Waals surface area contributed by atoms with Crippen molar-refractivity contribution < 1.29 is 14.1 Å². The second-order valence-corrected chi connectivity index (χ2v) is 6.11. The van der Waals surface area contributed by atoms with E-state index >= 15 is 0 Å². The highest BCUT2D eigenvalue weighted by Gasteiger charge is 2.17. The van der Waals surface area contributed by atoms with E-state index in [-0.39, 0.29) is 11.3 Å². The van der Waals surface area contributed by atoms with E-state index in [1.54, 1.807) is 0 Å². The van der Waals surface area contributed by atoms with Gasteiger partial charge in [-0.15, -0.1) is 11.3 Å². The minimum absolute atomic E-state index is 0.160. The Balaban J connectivity index is 1.72. The fourth-order valence-corrected chi connectivity index (χ4v) is 3.43. The van der Waals surface area contributed by atoms with Gasteiger partial charge in [-0.3, -0.25) is 20.2 Å². The summed E-state index contributed by atoms with van der Waals surface area (Å²) in [5, 5.41) is 14.1. The summed E-state index contributed by atoms with van der Waals surface area (Å²) in [6.45, 7) is 0. The number of rotatable bonds is 4. The lowest BCUT2D eigenvalue weighted by Crippen LogP contribution is -2.07. The van der Waals surface area contributed by atoms with Crippen molar-refractivity contribution >= 4 is 34.1 Å². The van der Waals surface area contributed by atoms with Crippen LogP contribution in [0.3, 0.4) is 0 Å². The summed E-state index contributed by atoms with van der Waals surface area (Å²) in [6, 6.07) is 3.19. The molecule has 0 saturated carbocycles. The fourth-order valence-electron chi connectivity index (χ4n) is 2.37. The number of nitrogens with zero attached hydrogens (tertiary/aromatic N) is 2. The third-order valence-electron chi connectivity index (χ3n) is 3.43. The lowest BCUT2D eigenvalue weighted by atomic mass is 10.1. The van der Waals surface area contributed by atoms with E-state index in [4.69, 9.17) is 0 Å². The zero-order valence-corrected chi connectivity index (χ0v) is 12.7. The minimum Gasteiger partial charge on any atom is -0.298 e. The third kappa shape index (κ3) is 3.42. The first-order valence-electron chi connectivity index (χ1n) is 6.94. The zero-order valence-electron chi connectivity index (χ0n) is 11.9.